The average Bonchev–Trinajstić information content (AvgIpc) is 3.76. The Bertz CT molecular complexity index is 2370. The van der Waals surface area contributed by atoms with Crippen molar-refractivity contribution in [2.75, 3.05) is 0 Å². The number of imidazole rings is 1. The summed E-state index contributed by atoms with van der Waals surface area (Å²) in [5.41, 5.74) is 1.00. The van der Waals surface area contributed by atoms with E-state index in [0.717, 1.165) is 6.07 Å². The van der Waals surface area contributed by atoms with Crippen LogP contribution in [0, 0.1) is 13.8 Å². The van der Waals surface area contributed by atoms with Gasteiger partial charge in [0.05, 0.1) is 23.5 Å². The highest BCUT2D eigenvalue weighted by Crippen LogP contribution is 2.36. The molecule has 4 heterocycles. The van der Waals surface area contributed by atoms with Crippen LogP contribution in [-0.2, 0) is 25.8 Å². The van der Waals surface area contributed by atoms with Gasteiger partial charge >= 0.3 is 11.9 Å². The normalized spacial score (nSPS) is 14.6. The first kappa shape index (κ1) is 33.0. The highest BCUT2D eigenvalue weighted by molar-refractivity contribution is 9.10. The number of hydrogen-bond donors (Lipinski definition) is 1. The smallest absolute Gasteiger partial charge is 0.417 e. The second-order valence-corrected chi connectivity index (χ2v) is 12.7. The Hall–Kier alpha value is -5.51. The fraction of sp³-hybridized carbons (Fsp3) is 0.235. The maximum Gasteiger partial charge on any atom is 0.417 e. The fourth-order valence-corrected chi connectivity index (χ4v) is 6.59. The molecule has 0 radical (unpaired) electrons. The number of nitrogens with one attached hydrogen (secondary N) is 1. The van der Waals surface area contributed by atoms with Crippen LogP contribution in [0.25, 0.3) is 28.2 Å². The van der Waals surface area contributed by atoms with E-state index < -0.39 is 35.3 Å². The predicted molar refractivity (Wildman–Crippen MR) is 176 cm³/mol. The number of oxazole rings is 1. The standard InChI is InChI=1S/C34H27BrF3N7O5/c1-17-15-44-27(16-43(17)32(47)20-8-10-25(35)24(12-20)34(36,37)38)29(45(33(44)48)22-9-11-28-26(13-22)40-18(2)49-28)30(46)39-14-21-6-4-5-7-23(21)31-42-41-19(3)50-31/h4-13,17H,14-16H2,1-3H3,(H,39,46)/t17-/m1/s1. The van der Waals surface area contributed by atoms with E-state index >= 15 is 0 Å². The molecule has 0 spiro atoms. The van der Waals surface area contributed by atoms with Crippen molar-refractivity contribution in [2.45, 2.75) is 52.6 Å². The third-order valence-electron chi connectivity index (χ3n) is 8.49. The van der Waals surface area contributed by atoms with Crippen molar-refractivity contribution in [1.29, 1.82) is 0 Å². The van der Waals surface area contributed by atoms with Gasteiger partial charge in [-0.1, -0.05) is 34.1 Å². The minimum absolute atomic E-state index is 0.00885. The molecule has 1 aliphatic heterocycles. The molecule has 16 heteroatoms. The molecule has 0 saturated heterocycles. The summed E-state index contributed by atoms with van der Waals surface area (Å²) in [5.74, 6) is -0.260. The van der Waals surface area contributed by atoms with Crippen LogP contribution in [0.1, 0.15) is 56.4 Å². The summed E-state index contributed by atoms with van der Waals surface area (Å²) in [4.78, 5) is 47.9. The van der Waals surface area contributed by atoms with Gasteiger partial charge in [0.25, 0.3) is 11.8 Å². The summed E-state index contributed by atoms with van der Waals surface area (Å²) in [6, 6.07) is 14.7. The molecule has 1 aliphatic rings. The molecule has 7 rings (SSSR count). The molecule has 0 fully saturated rings. The van der Waals surface area contributed by atoms with Gasteiger partial charge in [0.15, 0.2) is 11.5 Å². The Morgan fingerprint density at radius 3 is 2.54 bits per heavy atom. The van der Waals surface area contributed by atoms with Crippen molar-refractivity contribution in [3.63, 3.8) is 0 Å². The lowest BCUT2D eigenvalue weighted by atomic mass is 10.1. The Morgan fingerprint density at radius 2 is 1.80 bits per heavy atom. The van der Waals surface area contributed by atoms with Gasteiger partial charge in [-0.05, 0) is 55.0 Å². The van der Waals surface area contributed by atoms with Gasteiger partial charge < -0.3 is 19.1 Å². The van der Waals surface area contributed by atoms with Gasteiger partial charge in [0.1, 0.15) is 11.2 Å². The summed E-state index contributed by atoms with van der Waals surface area (Å²) in [7, 11) is 0. The van der Waals surface area contributed by atoms with Gasteiger partial charge in [0.2, 0.25) is 11.8 Å². The number of carbonyl (C=O) groups excluding carboxylic acids is 2. The molecule has 0 saturated carbocycles. The molecule has 0 unspecified atom stereocenters. The maximum atomic E-state index is 14.2. The number of nitrogens with zero attached hydrogens (tertiary/aromatic N) is 6. The summed E-state index contributed by atoms with van der Waals surface area (Å²) in [6.07, 6.45) is -4.70. The number of hydrogen-bond acceptors (Lipinski definition) is 8. The van der Waals surface area contributed by atoms with Crippen LogP contribution in [0.2, 0.25) is 0 Å². The van der Waals surface area contributed by atoms with Crippen LogP contribution in [0.3, 0.4) is 0 Å². The lowest BCUT2D eigenvalue weighted by molar-refractivity contribution is -0.138. The van der Waals surface area contributed by atoms with Crippen molar-refractivity contribution < 1.29 is 31.6 Å². The number of benzene rings is 3. The van der Waals surface area contributed by atoms with Crippen LogP contribution in [0.15, 0.2) is 78.8 Å². The molecular weight excluding hydrogens is 723 g/mol. The number of aryl methyl sites for hydroxylation is 2. The largest absolute Gasteiger partial charge is 0.441 e. The Morgan fingerprint density at radius 1 is 1.02 bits per heavy atom. The first-order valence-corrected chi connectivity index (χ1v) is 16.2. The molecule has 0 aliphatic carbocycles. The average molecular weight is 751 g/mol. The van der Waals surface area contributed by atoms with Gasteiger partial charge in [-0.15, -0.1) is 10.2 Å². The topological polar surface area (TPSA) is 141 Å². The van der Waals surface area contributed by atoms with Crippen LogP contribution < -0.4 is 11.0 Å². The summed E-state index contributed by atoms with van der Waals surface area (Å²) in [6.45, 7) is 4.80. The number of rotatable bonds is 6. The zero-order valence-corrected chi connectivity index (χ0v) is 28.3. The highest BCUT2D eigenvalue weighted by Gasteiger charge is 2.37. The number of fused-ring (bicyclic) bond motifs is 2. The van der Waals surface area contributed by atoms with Crippen molar-refractivity contribution in [1.82, 2.24) is 34.5 Å². The summed E-state index contributed by atoms with van der Waals surface area (Å²) < 4.78 is 54.8. The van der Waals surface area contributed by atoms with Crippen LogP contribution >= 0.6 is 15.9 Å². The third-order valence-corrected chi connectivity index (χ3v) is 9.18. The van der Waals surface area contributed by atoms with Gasteiger partial charge in [0, 0.05) is 48.6 Å². The molecule has 1 atom stereocenters. The van der Waals surface area contributed by atoms with E-state index in [9.17, 15) is 27.6 Å². The molecule has 256 valence electrons. The number of alkyl halides is 3. The summed E-state index contributed by atoms with van der Waals surface area (Å²) in [5, 5.41) is 10.9. The molecular formula is C34H27BrF3N7O5. The van der Waals surface area contributed by atoms with Crippen LogP contribution in [0.4, 0.5) is 13.2 Å². The van der Waals surface area contributed by atoms with E-state index in [2.05, 4.69) is 36.4 Å². The second-order valence-electron chi connectivity index (χ2n) is 11.8. The van der Waals surface area contributed by atoms with Crippen LogP contribution in [-0.4, -0.2) is 47.1 Å². The van der Waals surface area contributed by atoms with Crippen LogP contribution in [0.5, 0.6) is 0 Å². The van der Waals surface area contributed by atoms with Gasteiger partial charge in [-0.25, -0.2) is 9.78 Å². The van der Waals surface area contributed by atoms with Gasteiger partial charge in [-0.3, -0.25) is 18.7 Å². The maximum absolute atomic E-state index is 14.2. The number of amides is 2. The molecule has 0 bridgehead atoms. The number of aromatic nitrogens is 5. The van der Waals surface area contributed by atoms with E-state index in [1.54, 1.807) is 63.2 Å². The Labute approximate surface area is 289 Å². The molecule has 1 N–H and O–H groups in total. The lowest BCUT2D eigenvalue weighted by Crippen LogP contribution is -2.47. The quantitative estimate of drug-likeness (QED) is 0.212. The Balaban J connectivity index is 1.30. The van der Waals surface area contributed by atoms with Crippen molar-refractivity contribution >= 4 is 38.8 Å². The predicted octanol–water partition coefficient (Wildman–Crippen LogP) is 6.20. The first-order chi connectivity index (χ1) is 23.8. The van der Waals surface area contributed by atoms with E-state index in [1.807, 2.05) is 0 Å². The van der Waals surface area contributed by atoms with E-state index in [-0.39, 0.29) is 46.9 Å². The van der Waals surface area contributed by atoms with Crippen molar-refractivity contribution in [2.24, 2.45) is 0 Å². The van der Waals surface area contributed by atoms with E-state index in [0.29, 0.717) is 39.7 Å². The first-order valence-electron chi connectivity index (χ1n) is 15.4. The fourth-order valence-electron chi connectivity index (χ4n) is 6.12. The minimum Gasteiger partial charge on any atom is -0.441 e. The van der Waals surface area contributed by atoms with Gasteiger partial charge in [-0.2, -0.15) is 13.2 Å². The second kappa shape index (κ2) is 12.4. The number of halogens is 4. The zero-order chi connectivity index (χ0) is 35.5. The molecule has 6 aromatic rings. The minimum atomic E-state index is -4.70. The SMILES string of the molecule is Cc1nnc(-c2ccccc2CNC(=O)c2c3n(c(=O)n2-c2ccc4oc(C)nc4c2)C[C@@H](C)N(C(=O)c2ccc(Br)c(C(F)(F)F)c2)C3)o1. The molecule has 2 amide bonds. The Kier molecular flexibility index (Phi) is 8.20. The van der Waals surface area contributed by atoms with Crippen molar-refractivity contribution in [3.05, 3.63) is 115 Å². The molecule has 3 aromatic heterocycles. The monoisotopic (exact) mass is 749 g/mol. The zero-order valence-electron chi connectivity index (χ0n) is 26.7. The number of carbonyl (C=O) groups is 2. The van der Waals surface area contributed by atoms with E-state index in [4.69, 9.17) is 8.83 Å². The third kappa shape index (κ3) is 5.88. The molecule has 12 nitrogen and oxygen atoms in total. The summed E-state index contributed by atoms with van der Waals surface area (Å²) >= 11 is 2.92. The molecule has 3 aromatic carbocycles. The molecule has 50 heavy (non-hydrogen) atoms. The lowest BCUT2D eigenvalue weighted by Gasteiger charge is -2.34. The van der Waals surface area contributed by atoms with E-state index in [1.165, 1.54) is 26.2 Å². The highest BCUT2D eigenvalue weighted by atomic mass is 79.9. The van der Waals surface area contributed by atoms with Crippen molar-refractivity contribution in [3.8, 4) is 17.1 Å².